The predicted molar refractivity (Wildman–Crippen MR) is 169 cm³/mol. The molecular formula is C31H38F3N6O6P. The zero-order valence-corrected chi connectivity index (χ0v) is 27.2. The molecule has 0 atom stereocenters. The average Bonchev–Trinajstić information content (AvgIpc) is 3.33. The van der Waals surface area contributed by atoms with E-state index in [0.29, 0.717) is 35.6 Å². The number of anilines is 4. The van der Waals surface area contributed by atoms with Gasteiger partial charge in [0.05, 0.1) is 48.2 Å². The number of hydrogen-bond acceptors (Lipinski definition) is 10. The van der Waals surface area contributed by atoms with Crippen LogP contribution in [-0.2, 0) is 37.3 Å². The van der Waals surface area contributed by atoms with Gasteiger partial charge in [-0.25, -0.2) is 4.98 Å². The van der Waals surface area contributed by atoms with E-state index in [9.17, 15) is 22.5 Å². The van der Waals surface area contributed by atoms with E-state index in [1.54, 1.807) is 44.0 Å². The molecule has 2 aromatic heterocycles. The summed E-state index contributed by atoms with van der Waals surface area (Å²) in [6.45, 7) is 4.03. The lowest BCUT2D eigenvalue weighted by Crippen LogP contribution is -2.18. The van der Waals surface area contributed by atoms with Crippen molar-refractivity contribution in [1.29, 1.82) is 0 Å². The number of rotatable bonds is 11. The Morgan fingerprint density at radius 3 is 2.32 bits per heavy atom. The number of nitrogens with one attached hydrogen (secondary N) is 2. The fourth-order valence-corrected chi connectivity index (χ4v) is 7.42. The van der Waals surface area contributed by atoms with Crippen LogP contribution in [0.15, 0.2) is 36.7 Å². The van der Waals surface area contributed by atoms with Crippen molar-refractivity contribution in [3.63, 3.8) is 0 Å². The highest BCUT2D eigenvalue weighted by atomic mass is 31.2. The molecule has 0 unspecified atom stereocenters. The lowest BCUT2D eigenvalue weighted by Gasteiger charge is -2.25. The number of halogens is 3. The minimum Gasteiger partial charge on any atom is -0.483 e. The summed E-state index contributed by atoms with van der Waals surface area (Å²) in [5, 5.41) is 12.6. The van der Waals surface area contributed by atoms with Gasteiger partial charge in [0, 0.05) is 19.8 Å². The van der Waals surface area contributed by atoms with Crippen molar-refractivity contribution in [2.24, 2.45) is 0 Å². The van der Waals surface area contributed by atoms with Gasteiger partial charge in [-0.1, -0.05) is 25.3 Å². The van der Waals surface area contributed by atoms with E-state index in [2.05, 4.69) is 25.6 Å². The zero-order valence-electron chi connectivity index (χ0n) is 26.3. The molecule has 1 aliphatic carbocycles. The largest absolute Gasteiger partial charge is 0.483 e. The van der Waals surface area contributed by atoms with Crippen molar-refractivity contribution in [2.45, 2.75) is 70.8 Å². The van der Waals surface area contributed by atoms with E-state index in [0.717, 1.165) is 36.8 Å². The van der Waals surface area contributed by atoms with Crippen molar-refractivity contribution in [3.05, 3.63) is 64.6 Å². The summed E-state index contributed by atoms with van der Waals surface area (Å²) >= 11 is 0. The Labute approximate surface area is 270 Å². The summed E-state index contributed by atoms with van der Waals surface area (Å²) in [6, 6.07) is 6.83. The SMILES string of the molecule is CCOP(=O)(Cc1ccc(Nc2ncc(C(F)(F)F)c(Nc3ccc(C4CCCCC4)c4c3C(=O)N(C)C4)n2)cn1)OCC.O=CO. The highest BCUT2D eigenvalue weighted by Crippen LogP contribution is 2.51. The first-order valence-corrected chi connectivity index (χ1v) is 17.0. The van der Waals surface area contributed by atoms with E-state index < -0.39 is 25.2 Å². The first-order valence-electron chi connectivity index (χ1n) is 15.2. The van der Waals surface area contributed by atoms with Crippen LogP contribution in [0.3, 0.4) is 0 Å². The topological polar surface area (TPSA) is 156 Å². The minimum absolute atomic E-state index is 0.0302. The molecule has 47 heavy (non-hydrogen) atoms. The van der Waals surface area contributed by atoms with Gasteiger partial charge in [0.2, 0.25) is 5.95 Å². The third-order valence-electron chi connectivity index (χ3n) is 7.79. The van der Waals surface area contributed by atoms with E-state index in [-0.39, 0.29) is 43.4 Å². The lowest BCUT2D eigenvalue weighted by molar-refractivity contribution is -0.137. The standard InChI is InChI=1S/C30H36F3N6O4P.CH2O2/c1-4-42-44(41,43-5-2)18-21-12-11-20(15-34-21)36-29-35-16-24(30(31,32)33)27(38-29)37-25-14-13-22(19-9-7-6-8-10-19)23-17-39(3)28(40)26(23)25;2-1-3/h11-16,19H,4-10,17-18H2,1-3H3,(H2,35,36,37,38);1H,(H,2,3). The number of carbonyl (C=O) groups excluding carboxylic acids is 1. The number of amides is 1. The summed E-state index contributed by atoms with van der Waals surface area (Å²) < 4.78 is 65.6. The molecule has 1 amide bonds. The van der Waals surface area contributed by atoms with Crippen LogP contribution in [0.1, 0.15) is 84.6 Å². The molecule has 12 nitrogen and oxygen atoms in total. The van der Waals surface area contributed by atoms with Crippen LogP contribution >= 0.6 is 7.60 Å². The molecule has 1 fully saturated rings. The highest BCUT2D eigenvalue weighted by Gasteiger charge is 2.37. The van der Waals surface area contributed by atoms with Gasteiger partial charge in [-0.15, -0.1) is 0 Å². The average molecular weight is 679 g/mol. The number of carboxylic acid groups (broad SMARTS) is 1. The number of aromatic nitrogens is 3. The molecule has 2 aliphatic rings. The molecule has 0 spiro atoms. The number of fused-ring (bicyclic) bond motifs is 1. The molecule has 1 aromatic carbocycles. The fraction of sp³-hybridized carbons (Fsp3) is 0.452. The molecule has 254 valence electrons. The second-order valence-corrected chi connectivity index (χ2v) is 13.1. The van der Waals surface area contributed by atoms with Crippen LogP contribution in [-0.4, -0.2) is 57.6 Å². The van der Waals surface area contributed by atoms with Gasteiger partial charge in [-0.2, -0.15) is 18.2 Å². The van der Waals surface area contributed by atoms with Gasteiger partial charge in [0.1, 0.15) is 11.4 Å². The van der Waals surface area contributed by atoms with Crippen molar-refractivity contribution >= 4 is 43.1 Å². The Balaban J connectivity index is 0.00000160. The molecule has 3 aromatic rings. The molecule has 16 heteroatoms. The maximum Gasteiger partial charge on any atom is 0.421 e. The van der Waals surface area contributed by atoms with E-state index in [1.165, 1.54) is 12.6 Å². The van der Waals surface area contributed by atoms with Crippen LogP contribution in [0.25, 0.3) is 0 Å². The van der Waals surface area contributed by atoms with Gasteiger partial charge in [-0.05, 0) is 61.9 Å². The molecule has 0 saturated heterocycles. The van der Waals surface area contributed by atoms with Gasteiger partial charge in [0.25, 0.3) is 12.4 Å². The van der Waals surface area contributed by atoms with Gasteiger partial charge >= 0.3 is 13.8 Å². The van der Waals surface area contributed by atoms with Crippen LogP contribution in [0.5, 0.6) is 0 Å². The van der Waals surface area contributed by atoms with Crippen LogP contribution in [0.2, 0.25) is 0 Å². The summed E-state index contributed by atoms with van der Waals surface area (Å²) in [5.74, 6) is -0.505. The number of nitrogens with zero attached hydrogens (tertiary/aromatic N) is 4. The zero-order chi connectivity index (χ0) is 34.2. The smallest absolute Gasteiger partial charge is 0.421 e. The molecular weight excluding hydrogens is 640 g/mol. The van der Waals surface area contributed by atoms with E-state index >= 15 is 0 Å². The molecule has 0 bridgehead atoms. The van der Waals surface area contributed by atoms with Gasteiger partial charge < -0.3 is 29.7 Å². The number of pyridine rings is 1. The quantitative estimate of drug-likeness (QED) is 0.137. The van der Waals surface area contributed by atoms with Crippen LogP contribution in [0.4, 0.5) is 36.3 Å². The van der Waals surface area contributed by atoms with Gasteiger partial charge in [-0.3, -0.25) is 19.1 Å². The Kier molecular flexibility index (Phi) is 11.9. The number of hydrogen-bond donors (Lipinski definition) is 3. The first-order chi connectivity index (χ1) is 22.4. The Morgan fingerprint density at radius 2 is 1.72 bits per heavy atom. The number of benzene rings is 1. The summed E-state index contributed by atoms with van der Waals surface area (Å²) in [4.78, 5) is 35.5. The third kappa shape index (κ3) is 8.85. The third-order valence-corrected chi connectivity index (χ3v) is 9.80. The second-order valence-electron chi connectivity index (χ2n) is 11.0. The summed E-state index contributed by atoms with van der Waals surface area (Å²) in [5.41, 5.74) is 2.39. The lowest BCUT2D eigenvalue weighted by atomic mass is 9.81. The molecule has 3 N–H and O–H groups in total. The molecule has 5 rings (SSSR count). The second kappa shape index (κ2) is 15.7. The minimum atomic E-state index is -4.74. The van der Waals surface area contributed by atoms with Crippen LogP contribution < -0.4 is 10.6 Å². The monoisotopic (exact) mass is 678 g/mol. The summed E-state index contributed by atoms with van der Waals surface area (Å²) in [6.07, 6.45) is 2.84. The highest BCUT2D eigenvalue weighted by molar-refractivity contribution is 7.53. The molecule has 3 heterocycles. The predicted octanol–water partition coefficient (Wildman–Crippen LogP) is 7.48. The fourth-order valence-electron chi connectivity index (χ4n) is 5.79. The molecule has 0 radical (unpaired) electrons. The number of alkyl halides is 3. The van der Waals surface area contributed by atoms with E-state index in [4.69, 9.17) is 18.9 Å². The molecule has 1 aliphatic heterocycles. The Bertz CT molecular complexity index is 1590. The Morgan fingerprint density at radius 1 is 1.04 bits per heavy atom. The Hall–Kier alpha value is -4.07. The van der Waals surface area contributed by atoms with Crippen molar-refractivity contribution in [3.8, 4) is 0 Å². The van der Waals surface area contributed by atoms with Crippen LogP contribution in [0, 0.1) is 0 Å². The maximum absolute atomic E-state index is 14.1. The van der Waals surface area contributed by atoms with Gasteiger partial charge in [0.15, 0.2) is 0 Å². The van der Waals surface area contributed by atoms with Crippen molar-refractivity contribution in [2.75, 3.05) is 30.9 Å². The maximum atomic E-state index is 14.1. The number of carbonyl (C=O) groups is 2. The normalized spacial score (nSPS) is 15.1. The first kappa shape index (κ1) is 35.8. The van der Waals surface area contributed by atoms with Crippen molar-refractivity contribution < 1.29 is 41.5 Å². The summed E-state index contributed by atoms with van der Waals surface area (Å²) in [7, 11) is -1.67. The van der Waals surface area contributed by atoms with Crippen molar-refractivity contribution in [1.82, 2.24) is 19.9 Å². The van der Waals surface area contributed by atoms with E-state index in [1.807, 2.05) is 6.07 Å². The molecule has 1 saturated carbocycles.